The molecule has 1 aliphatic carbocycles. The van der Waals surface area contributed by atoms with Crippen LogP contribution in [0, 0.1) is 5.41 Å². The molecule has 3 aliphatic rings. The summed E-state index contributed by atoms with van der Waals surface area (Å²) >= 11 is 0. The summed E-state index contributed by atoms with van der Waals surface area (Å²) in [7, 11) is 4.09. The van der Waals surface area contributed by atoms with Gasteiger partial charge in [-0.3, -0.25) is 4.79 Å². The molecule has 4 heteroatoms. The molecule has 0 saturated carbocycles. The average Bonchev–Trinajstić information content (AvgIpc) is 2.80. The number of esters is 1. The van der Waals surface area contributed by atoms with Crippen molar-refractivity contribution in [2.75, 3.05) is 33.7 Å². The molecule has 0 bridgehead atoms. The van der Waals surface area contributed by atoms with Crippen molar-refractivity contribution in [2.45, 2.75) is 57.1 Å². The molecule has 1 aromatic rings. The average molecular weight is 357 g/mol. The van der Waals surface area contributed by atoms with Crippen molar-refractivity contribution in [3.63, 3.8) is 0 Å². The zero-order valence-corrected chi connectivity index (χ0v) is 16.2. The molecule has 2 heterocycles. The number of benzene rings is 1. The van der Waals surface area contributed by atoms with E-state index in [0.29, 0.717) is 6.04 Å². The van der Waals surface area contributed by atoms with Crippen molar-refractivity contribution >= 4 is 5.97 Å². The number of piperidine rings is 1. The summed E-state index contributed by atoms with van der Waals surface area (Å²) in [5, 5.41) is 0. The van der Waals surface area contributed by atoms with Crippen LogP contribution < -0.4 is 0 Å². The van der Waals surface area contributed by atoms with Gasteiger partial charge in [0.2, 0.25) is 0 Å². The van der Waals surface area contributed by atoms with Gasteiger partial charge >= 0.3 is 5.97 Å². The highest BCUT2D eigenvalue weighted by Crippen LogP contribution is 2.44. The minimum atomic E-state index is -0.204. The number of rotatable bonds is 3. The third-order valence-electron chi connectivity index (χ3n) is 6.78. The molecule has 2 fully saturated rings. The number of aryl methyl sites for hydroxylation is 2. The SMILES string of the molecule is CN(C)CC1CC2(CCN(C3CCc4ccccc4CC3)CC2)C(=O)O1. The summed E-state index contributed by atoms with van der Waals surface area (Å²) in [4.78, 5) is 17.3. The van der Waals surface area contributed by atoms with E-state index < -0.39 is 0 Å². The van der Waals surface area contributed by atoms with E-state index in [1.54, 1.807) is 0 Å². The molecule has 142 valence electrons. The fraction of sp³-hybridized carbons (Fsp3) is 0.682. The maximum Gasteiger partial charge on any atom is 0.312 e. The first-order valence-corrected chi connectivity index (χ1v) is 10.2. The first-order valence-electron chi connectivity index (χ1n) is 10.2. The van der Waals surface area contributed by atoms with Crippen LogP contribution in [-0.4, -0.2) is 61.6 Å². The van der Waals surface area contributed by atoms with Gasteiger partial charge in [-0.05, 0) is 76.8 Å². The van der Waals surface area contributed by atoms with Crippen molar-refractivity contribution < 1.29 is 9.53 Å². The number of nitrogens with zero attached hydrogens (tertiary/aromatic N) is 2. The van der Waals surface area contributed by atoms with Crippen LogP contribution in [0.2, 0.25) is 0 Å². The lowest BCUT2D eigenvalue weighted by Gasteiger charge is -2.40. The maximum atomic E-state index is 12.6. The normalized spacial score (nSPS) is 26.7. The van der Waals surface area contributed by atoms with Crippen LogP contribution in [0.15, 0.2) is 24.3 Å². The Kier molecular flexibility index (Phi) is 5.07. The monoisotopic (exact) mass is 356 g/mol. The summed E-state index contributed by atoms with van der Waals surface area (Å²) in [6.07, 6.45) is 7.81. The van der Waals surface area contributed by atoms with E-state index >= 15 is 0 Å². The topological polar surface area (TPSA) is 32.8 Å². The van der Waals surface area contributed by atoms with Crippen LogP contribution in [0.25, 0.3) is 0 Å². The van der Waals surface area contributed by atoms with Gasteiger partial charge in [-0.2, -0.15) is 0 Å². The zero-order valence-electron chi connectivity index (χ0n) is 16.2. The fourth-order valence-electron chi connectivity index (χ4n) is 5.27. The molecular weight excluding hydrogens is 324 g/mol. The molecule has 0 amide bonds. The fourth-order valence-corrected chi connectivity index (χ4v) is 5.27. The number of fused-ring (bicyclic) bond motifs is 1. The predicted molar refractivity (Wildman–Crippen MR) is 103 cm³/mol. The molecule has 0 radical (unpaired) electrons. The van der Waals surface area contributed by atoms with E-state index in [2.05, 4.69) is 34.1 Å². The molecule has 0 N–H and O–H groups in total. The number of hydrogen-bond acceptors (Lipinski definition) is 4. The molecule has 26 heavy (non-hydrogen) atoms. The van der Waals surface area contributed by atoms with Crippen LogP contribution in [-0.2, 0) is 22.4 Å². The van der Waals surface area contributed by atoms with Gasteiger partial charge in [0.25, 0.3) is 0 Å². The molecular formula is C22H32N2O2. The Labute approximate surface area is 157 Å². The molecule has 1 spiro atoms. The van der Waals surface area contributed by atoms with Crippen LogP contribution in [0.5, 0.6) is 0 Å². The molecule has 1 unspecified atom stereocenters. The third-order valence-corrected chi connectivity index (χ3v) is 6.78. The number of cyclic esters (lactones) is 1. The molecule has 1 atom stereocenters. The largest absolute Gasteiger partial charge is 0.461 e. The molecule has 4 nitrogen and oxygen atoms in total. The minimum absolute atomic E-state index is 0.0669. The molecule has 4 rings (SSSR count). The molecule has 2 saturated heterocycles. The van der Waals surface area contributed by atoms with Crippen LogP contribution in [0.4, 0.5) is 0 Å². The smallest absolute Gasteiger partial charge is 0.312 e. The van der Waals surface area contributed by atoms with E-state index in [0.717, 1.165) is 38.9 Å². The second-order valence-electron chi connectivity index (χ2n) is 8.81. The van der Waals surface area contributed by atoms with Gasteiger partial charge in [-0.15, -0.1) is 0 Å². The third kappa shape index (κ3) is 3.54. The highest BCUT2D eigenvalue weighted by Gasteiger charge is 2.50. The van der Waals surface area contributed by atoms with E-state index in [4.69, 9.17) is 4.74 Å². The Bertz CT molecular complexity index is 622. The number of likely N-dealkylation sites (tertiary alicyclic amines) is 1. The zero-order chi connectivity index (χ0) is 18.1. The van der Waals surface area contributed by atoms with Gasteiger partial charge in [0, 0.05) is 19.0 Å². The Morgan fingerprint density at radius 3 is 2.31 bits per heavy atom. The number of ether oxygens (including phenoxy) is 1. The molecule has 1 aromatic carbocycles. The van der Waals surface area contributed by atoms with Gasteiger partial charge in [0.1, 0.15) is 6.10 Å². The van der Waals surface area contributed by atoms with E-state index in [1.165, 1.54) is 36.8 Å². The lowest BCUT2D eigenvalue weighted by molar-refractivity contribution is -0.151. The summed E-state index contributed by atoms with van der Waals surface area (Å²) in [5.41, 5.74) is 2.87. The maximum absolute atomic E-state index is 12.6. The summed E-state index contributed by atoms with van der Waals surface area (Å²) < 4.78 is 5.71. The Balaban J connectivity index is 1.35. The van der Waals surface area contributed by atoms with E-state index in [1.807, 2.05) is 14.1 Å². The Hall–Kier alpha value is -1.39. The van der Waals surface area contributed by atoms with Crippen LogP contribution >= 0.6 is 0 Å². The second-order valence-corrected chi connectivity index (χ2v) is 8.81. The van der Waals surface area contributed by atoms with Gasteiger partial charge in [-0.1, -0.05) is 24.3 Å². The Morgan fingerprint density at radius 1 is 1.12 bits per heavy atom. The van der Waals surface area contributed by atoms with Crippen LogP contribution in [0.3, 0.4) is 0 Å². The summed E-state index contributed by atoms with van der Waals surface area (Å²) in [6.45, 7) is 2.94. The van der Waals surface area contributed by atoms with Gasteiger partial charge in [-0.25, -0.2) is 0 Å². The first-order chi connectivity index (χ1) is 12.6. The van der Waals surface area contributed by atoms with Crippen molar-refractivity contribution in [1.82, 2.24) is 9.80 Å². The van der Waals surface area contributed by atoms with Crippen molar-refractivity contribution in [1.29, 1.82) is 0 Å². The highest BCUT2D eigenvalue weighted by molar-refractivity contribution is 5.79. The number of hydrogen-bond donors (Lipinski definition) is 0. The number of carbonyl (C=O) groups is 1. The lowest BCUT2D eigenvalue weighted by Crippen LogP contribution is -2.47. The van der Waals surface area contributed by atoms with E-state index in [-0.39, 0.29) is 17.5 Å². The standard InChI is InChI=1S/C22H32N2O2/c1-23(2)16-20-15-22(21(25)26-20)11-13-24(14-12-22)19-9-7-17-5-3-4-6-18(17)8-10-19/h3-6,19-20H,7-16H2,1-2H3. The highest BCUT2D eigenvalue weighted by atomic mass is 16.6. The second kappa shape index (κ2) is 7.32. The van der Waals surface area contributed by atoms with Gasteiger partial charge < -0.3 is 14.5 Å². The van der Waals surface area contributed by atoms with Crippen LogP contribution in [0.1, 0.15) is 43.2 Å². The molecule has 2 aliphatic heterocycles. The summed E-state index contributed by atoms with van der Waals surface area (Å²) in [6, 6.07) is 9.58. The van der Waals surface area contributed by atoms with Gasteiger partial charge in [0.15, 0.2) is 0 Å². The Morgan fingerprint density at radius 2 is 1.73 bits per heavy atom. The first kappa shape index (κ1) is 18.0. The van der Waals surface area contributed by atoms with Crippen molar-refractivity contribution in [3.8, 4) is 0 Å². The van der Waals surface area contributed by atoms with Crippen molar-refractivity contribution in [2.24, 2.45) is 5.41 Å². The van der Waals surface area contributed by atoms with Gasteiger partial charge in [0.05, 0.1) is 5.41 Å². The minimum Gasteiger partial charge on any atom is -0.461 e. The summed E-state index contributed by atoms with van der Waals surface area (Å²) in [5.74, 6) is 0.0669. The molecule has 0 aromatic heterocycles. The number of carbonyl (C=O) groups excluding carboxylic acids is 1. The quantitative estimate of drug-likeness (QED) is 0.616. The number of likely N-dealkylation sites (N-methyl/N-ethyl adjacent to an activating group) is 1. The lowest BCUT2D eigenvalue weighted by atomic mass is 9.75. The predicted octanol–water partition coefficient (Wildman–Crippen LogP) is 2.89. The van der Waals surface area contributed by atoms with E-state index in [9.17, 15) is 4.79 Å². The van der Waals surface area contributed by atoms with Crippen molar-refractivity contribution in [3.05, 3.63) is 35.4 Å².